The Kier molecular flexibility index (Phi) is 11.2. The summed E-state index contributed by atoms with van der Waals surface area (Å²) < 4.78 is 0. The van der Waals surface area contributed by atoms with E-state index in [0.717, 1.165) is 5.92 Å². The number of nitrogens with zero attached hydrogens (tertiary/aromatic N) is 2. The first-order chi connectivity index (χ1) is 12.2. The summed E-state index contributed by atoms with van der Waals surface area (Å²) in [5.41, 5.74) is 0.387. The molecule has 0 spiro atoms. The molecule has 0 heterocycles. The molecule has 0 rings (SSSR count). The highest BCUT2D eigenvalue weighted by Crippen LogP contribution is 2.38. The van der Waals surface area contributed by atoms with E-state index in [2.05, 4.69) is 99.9 Å². The van der Waals surface area contributed by atoms with Crippen molar-refractivity contribution < 1.29 is 0 Å². The van der Waals surface area contributed by atoms with Gasteiger partial charge in [0, 0.05) is 24.2 Å². The first kappa shape index (κ1) is 26.9. The van der Waals surface area contributed by atoms with Crippen molar-refractivity contribution in [2.24, 2.45) is 29.6 Å². The molecule has 0 aromatic heterocycles. The van der Waals surface area contributed by atoms with E-state index in [9.17, 15) is 0 Å². The van der Waals surface area contributed by atoms with E-state index in [1.807, 2.05) is 0 Å². The molecule has 0 amide bonds. The van der Waals surface area contributed by atoms with Crippen LogP contribution in [-0.2, 0) is 0 Å². The molecule has 0 bridgehead atoms. The van der Waals surface area contributed by atoms with Gasteiger partial charge in [-0.3, -0.25) is 4.90 Å². The molecule has 0 saturated heterocycles. The van der Waals surface area contributed by atoms with Crippen LogP contribution in [0.4, 0.5) is 0 Å². The van der Waals surface area contributed by atoms with Gasteiger partial charge in [-0.05, 0) is 83.7 Å². The van der Waals surface area contributed by atoms with Crippen molar-refractivity contribution in [2.75, 3.05) is 26.7 Å². The molecule has 0 aromatic carbocycles. The summed E-state index contributed by atoms with van der Waals surface area (Å²) in [7, 11) is 2.27. The van der Waals surface area contributed by atoms with Crippen LogP contribution in [0.15, 0.2) is 0 Å². The Hall–Kier alpha value is -0.0800. The van der Waals surface area contributed by atoms with Gasteiger partial charge in [0.2, 0.25) is 0 Å². The Bertz CT molecular complexity index is 397. The average Bonchev–Trinajstić information content (AvgIpc) is 2.50. The van der Waals surface area contributed by atoms with Crippen molar-refractivity contribution in [1.29, 1.82) is 0 Å². The predicted octanol–water partition coefficient (Wildman–Crippen LogP) is 6.80. The summed E-state index contributed by atoms with van der Waals surface area (Å²) in [6.07, 6.45) is 2.49. The van der Waals surface area contributed by atoms with E-state index in [4.69, 9.17) is 0 Å². The minimum absolute atomic E-state index is 0.190. The molecule has 0 N–H and O–H groups in total. The van der Waals surface area contributed by atoms with Gasteiger partial charge in [-0.1, -0.05) is 55.4 Å². The van der Waals surface area contributed by atoms with Gasteiger partial charge >= 0.3 is 0 Å². The highest BCUT2D eigenvalue weighted by molar-refractivity contribution is 4.97. The maximum absolute atomic E-state index is 2.87. The molecule has 0 aliphatic carbocycles. The van der Waals surface area contributed by atoms with Crippen LogP contribution in [0.1, 0.15) is 95.9 Å². The summed E-state index contributed by atoms with van der Waals surface area (Å²) in [5, 5.41) is 0. The molecular formula is C25H54N2. The molecule has 2 nitrogen and oxygen atoms in total. The minimum Gasteiger partial charge on any atom is -0.306 e. The third kappa shape index (κ3) is 8.44. The first-order valence-electron chi connectivity index (χ1n) is 11.6. The van der Waals surface area contributed by atoms with Gasteiger partial charge in [0.25, 0.3) is 0 Å². The molecule has 0 radical (unpaired) electrons. The zero-order valence-corrected chi connectivity index (χ0v) is 21.3. The lowest BCUT2D eigenvalue weighted by molar-refractivity contribution is -0.0505. The molecule has 0 aliphatic heterocycles. The van der Waals surface area contributed by atoms with Crippen LogP contribution in [0, 0.1) is 29.6 Å². The molecule has 27 heavy (non-hydrogen) atoms. The van der Waals surface area contributed by atoms with Gasteiger partial charge in [-0.25, -0.2) is 0 Å². The maximum Gasteiger partial charge on any atom is 0.0186 e. The Balaban J connectivity index is 5.55. The summed E-state index contributed by atoms with van der Waals surface area (Å²) in [6, 6.07) is 0. The van der Waals surface area contributed by atoms with Gasteiger partial charge in [-0.15, -0.1) is 0 Å². The van der Waals surface area contributed by atoms with Gasteiger partial charge in [0.1, 0.15) is 0 Å². The van der Waals surface area contributed by atoms with Crippen molar-refractivity contribution in [3.05, 3.63) is 0 Å². The molecule has 0 aliphatic rings. The molecule has 164 valence electrons. The van der Waals surface area contributed by atoms with Gasteiger partial charge < -0.3 is 4.90 Å². The van der Waals surface area contributed by atoms with E-state index >= 15 is 0 Å². The van der Waals surface area contributed by atoms with E-state index in [1.165, 1.54) is 32.5 Å². The second-order valence-electron chi connectivity index (χ2n) is 11.4. The molecule has 0 saturated carbocycles. The van der Waals surface area contributed by atoms with E-state index in [0.29, 0.717) is 23.7 Å². The van der Waals surface area contributed by atoms with E-state index < -0.39 is 0 Å². The van der Waals surface area contributed by atoms with E-state index in [1.54, 1.807) is 0 Å². The van der Waals surface area contributed by atoms with Gasteiger partial charge in [-0.2, -0.15) is 0 Å². The molecule has 0 aromatic rings. The Morgan fingerprint density at radius 2 is 1.30 bits per heavy atom. The average molecular weight is 383 g/mol. The van der Waals surface area contributed by atoms with Gasteiger partial charge in [0.05, 0.1) is 0 Å². The fourth-order valence-corrected chi connectivity index (χ4v) is 4.86. The SMILES string of the molecule is CCCN(C)CC(C)CC(C)(C)N(CC(C)C(C)C)C(C)(C)C(C)C(C)C. The number of hydrogen-bond acceptors (Lipinski definition) is 2. The highest BCUT2D eigenvalue weighted by atomic mass is 15.3. The van der Waals surface area contributed by atoms with Crippen molar-refractivity contribution in [2.45, 2.75) is 107 Å². The monoisotopic (exact) mass is 382 g/mol. The quantitative estimate of drug-likeness (QED) is 0.345. The summed E-state index contributed by atoms with van der Waals surface area (Å²) in [5.74, 6) is 3.50. The third-order valence-electron chi connectivity index (χ3n) is 7.23. The maximum atomic E-state index is 2.87. The highest BCUT2D eigenvalue weighted by Gasteiger charge is 2.42. The Morgan fingerprint density at radius 3 is 1.70 bits per heavy atom. The predicted molar refractivity (Wildman–Crippen MR) is 124 cm³/mol. The minimum atomic E-state index is 0.190. The van der Waals surface area contributed by atoms with Crippen molar-refractivity contribution >= 4 is 0 Å². The zero-order chi connectivity index (χ0) is 21.6. The largest absolute Gasteiger partial charge is 0.306 e. The molecule has 3 atom stereocenters. The second-order valence-corrected chi connectivity index (χ2v) is 11.4. The van der Waals surface area contributed by atoms with Crippen molar-refractivity contribution in [3.63, 3.8) is 0 Å². The summed E-state index contributed by atoms with van der Waals surface area (Å²) >= 11 is 0. The summed E-state index contributed by atoms with van der Waals surface area (Å²) in [4.78, 5) is 5.37. The van der Waals surface area contributed by atoms with Crippen LogP contribution in [-0.4, -0.2) is 47.6 Å². The zero-order valence-electron chi connectivity index (χ0n) is 21.3. The Morgan fingerprint density at radius 1 is 0.778 bits per heavy atom. The van der Waals surface area contributed by atoms with Crippen LogP contribution in [0.25, 0.3) is 0 Å². The van der Waals surface area contributed by atoms with Crippen molar-refractivity contribution in [3.8, 4) is 0 Å². The molecule has 3 unspecified atom stereocenters. The topological polar surface area (TPSA) is 6.48 Å². The molecule has 2 heteroatoms. The normalized spacial score (nSPS) is 17.2. The van der Waals surface area contributed by atoms with Crippen LogP contribution in [0.2, 0.25) is 0 Å². The van der Waals surface area contributed by atoms with Crippen molar-refractivity contribution in [1.82, 2.24) is 9.80 Å². The summed E-state index contributed by atoms with van der Waals surface area (Å²) in [6.45, 7) is 32.6. The van der Waals surface area contributed by atoms with E-state index in [-0.39, 0.29) is 11.1 Å². The third-order valence-corrected chi connectivity index (χ3v) is 7.23. The fourth-order valence-electron chi connectivity index (χ4n) is 4.86. The molecular weight excluding hydrogens is 328 g/mol. The van der Waals surface area contributed by atoms with Crippen LogP contribution >= 0.6 is 0 Å². The van der Waals surface area contributed by atoms with Crippen LogP contribution in [0.3, 0.4) is 0 Å². The lowest BCUT2D eigenvalue weighted by atomic mass is 9.75. The fraction of sp³-hybridized carbons (Fsp3) is 1.00. The van der Waals surface area contributed by atoms with Gasteiger partial charge in [0.15, 0.2) is 0 Å². The lowest BCUT2D eigenvalue weighted by Gasteiger charge is -2.54. The standard InChI is InChI=1S/C25H54N2/c1-14-15-26(13)17-21(6)16-24(9,10)27(18-22(7)19(2)3)25(11,12)23(8)20(4)5/h19-23H,14-18H2,1-13H3. The number of hydrogen-bond donors (Lipinski definition) is 0. The Labute approximate surface area is 173 Å². The first-order valence-corrected chi connectivity index (χ1v) is 11.6. The molecule has 0 fully saturated rings. The smallest absolute Gasteiger partial charge is 0.0186 e. The van der Waals surface area contributed by atoms with Crippen LogP contribution in [0.5, 0.6) is 0 Å². The lowest BCUT2D eigenvalue weighted by Crippen LogP contribution is -2.61. The second kappa shape index (κ2) is 11.2. The van der Waals surface area contributed by atoms with Crippen LogP contribution < -0.4 is 0 Å². The number of rotatable bonds is 13.